The molecule has 22 heavy (non-hydrogen) atoms. The van der Waals surface area contributed by atoms with Gasteiger partial charge in [0.1, 0.15) is 6.61 Å². The van der Waals surface area contributed by atoms with Crippen LogP contribution in [0.3, 0.4) is 0 Å². The van der Waals surface area contributed by atoms with E-state index >= 15 is 0 Å². The van der Waals surface area contributed by atoms with Gasteiger partial charge in [-0.3, -0.25) is 9.78 Å². The number of rotatable bonds is 7. The summed E-state index contributed by atoms with van der Waals surface area (Å²) in [5, 5.41) is 3.34. The van der Waals surface area contributed by atoms with Gasteiger partial charge < -0.3 is 15.0 Å². The molecule has 0 radical (unpaired) electrons. The fourth-order valence-corrected chi connectivity index (χ4v) is 2.57. The van der Waals surface area contributed by atoms with Crippen LogP contribution in [0.4, 0.5) is 0 Å². The number of hydrogen-bond donors (Lipinski definition) is 1. The summed E-state index contributed by atoms with van der Waals surface area (Å²) in [5.41, 5.74) is 1.07. The van der Waals surface area contributed by atoms with E-state index in [4.69, 9.17) is 4.74 Å². The van der Waals surface area contributed by atoms with Crippen molar-refractivity contribution in [3.8, 4) is 0 Å². The molecule has 1 aliphatic rings. The maximum Gasteiger partial charge on any atom is 0.249 e. The molecule has 1 aromatic rings. The Kier molecular flexibility index (Phi) is 9.04. The summed E-state index contributed by atoms with van der Waals surface area (Å²) < 4.78 is 5.51. The van der Waals surface area contributed by atoms with Crippen molar-refractivity contribution in [3.63, 3.8) is 0 Å². The number of carbonyl (C=O) groups excluding carboxylic acids is 1. The molecule has 1 amide bonds. The first-order valence-corrected chi connectivity index (χ1v) is 7.80. The van der Waals surface area contributed by atoms with Crippen molar-refractivity contribution < 1.29 is 9.53 Å². The van der Waals surface area contributed by atoms with Crippen LogP contribution >= 0.6 is 12.4 Å². The molecule has 124 valence electrons. The van der Waals surface area contributed by atoms with Crippen molar-refractivity contribution in [2.75, 3.05) is 32.8 Å². The number of halogens is 1. The monoisotopic (exact) mass is 327 g/mol. The van der Waals surface area contributed by atoms with E-state index < -0.39 is 0 Å². The van der Waals surface area contributed by atoms with Crippen LogP contribution in [0.2, 0.25) is 0 Å². The first kappa shape index (κ1) is 18.9. The van der Waals surface area contributed by atoms with E-state index in [1.165, 1.54) is 0 Å². The van der Waals surface area contributed by atoms with Gasteiger partial charge in [0.15, 0.2) is 0 Å². The van der Waals surface area contributed by atoms with Crippen LogP contribution < -0.4 is 5.32 Å². The fraction of sp³-hybridized carbons (Fsp3) is 0.625. The maximum atomic E-state index is 12.4. The third kappa shape index (κ3) is 5.55. The van der Waals surface area contributed by atoms with Crippen molar-refractivity contribution in [2.24, 2.45) is 0 Å². The van der Waals surface area contributed by atoms with Gasteiger partial charge >= 0.3 is 0 Å². The van der Waals surface area contributed by atoms with Crippen molar-refractivity contribution in [1.29, 1.82) is 0 Å². The highest BCUT2D eigenvalue weighted by Crippen LogP contribution is 2.21. The van der Waals surface area contributed by atoms with Gasteiger partial charge in [0.25, 0.3) is 0 Å². The number of ether oxygens (including phenoxy) is 1. The van der Waals surface area contributed by atoms with Crippen LogP contribution in [0.15, 0.2) is 24.5 Å². The summed E-state index contributed by atoms with van der Waals surface area (Å²) in [6.45, 7) is 5.33. The van der Waals surface area contributed by atoms with Crippen molar-refractivity contribution in [1.82, 2.24) is 15.2 Å². The number of nitrogens with zero attached hydrogens (tertiary/aromatic N) is 2. The molecule has 2 rings (SSSR count). The van der Waals surface area contributed by atoms with Crippen LogP contribution in [0.1, 0.15) is 37.8 Å². The molecule has 1 fully saturated rings. The molecule has 0 aromatic carbocycles. The van der Waals surface area contributed by atoms with Crippen molar-refractivity contribution in [2.45, 2.75) is 32.2 Å². The first-order valence-electron chi connectivity index (χ1n) is 7.80. The Morgan fingerprint density at radius 3 is 3.09 bits per heavy atom. The zero-order valence-corrected chi connectivity index (χ0v) is 14.0. The molecule has 1 unspecified atom stereocenters. The lowest BCUT2D eigenvalue weighted by Gasteiger charge is -2.36. The van der Waals surface area contributed by atoms with Crippen LogP contribution in [-0.2, 0) is 9.53 Å². The van der Waals surface area contributed by atoms with Crippen LogP contribution in [-0.4, -0.2) is 48.6 Å². The molecule has 1 saturated heterocycles. The highest BCUT2D eigenvalue weighted by Gasteiger charge is 2.27. The Labute approximate surface area is 138 Å². The van der Waals surface area contributed by atoms with Gasteiger partial charge in [-0.15, -0.1) is 12.4 Å². The summed E-state index contributed by atoms with van der Waals surface area (Å²) >= 11 is 0. The minimum atomic E-state index is 0. The van der Waals surface area contributed by atoms with E-state index in [0.717, 1.165) is 44.5 Å². The molecule has 6 heteroatoms. The molecule has 0 spiro atoms. The molecule has 1 atom stereocenters. The lowest BCUT2D eigenvalue weighted by Crippen LogP contribution is -2.49. The van der Waals surface area contributed by atoms with Crippen LogP contribution in [0, 0.1) is 0 Å². The Morgan fingerprint density at radius 1 is 1.50 bits per heavy atom. The second-order valence-corrected chi connectivity index (χ2v) is 5.35. The van der Waals surface area contributed by atoms with Gasteiger partial charge in [0.2, 0.25) is 5.91 Å². The van der Waals surface area contributed by atoms with Crippen molar-refractivity contribution in [3.05, 3.63) is 30.1 Å². The summed E-state index contributed by atoms with van der Waals surface area (Å²) in [6, 6.07) is 3.99. The molecule has 5 nitrogen and oxygen atoms in total. The van der Waals surface area contributed by atoms with Gasteiger partial charge in [-0.1, -0.05) is 25.8 Å². The Hall–Kier alpha value is -1.17. The normalized spacial score (nSPS) is 17.9. The third-order valence-corrected chi connectivity index (χ3v) is 3.75. The van der Waals surface area contributed by atoms with Gasteiger partial charge in [-0.25, -0.2) is 0 Å². The molecule has 0 aliphatic carbocycles. The number of carbonyl (C=O) groups is 1. The average Bonchev–Trinajstić information content (AvgIpc) is 2.55. The molecule has 0 saturated carbocycles. The number of hydrogen-bond acceptors (Lipinski definition) is 4. The summed E-state index contributed by atoms with van der Waals surface area (Å²) in [5.74, 6) is 0.0712. The minimum Gasteiger partial charge on any atom is -0.372 e. The summed E-state index contributed by atoms with van der Waals surface area (Å²) in [6.07, 6.45) is 6.93. The predicted octanol–water partition coefficient (Wildman–Crippen LogP) is 2.18. The largest absolute Gasteiger partial charge is 0.372 e. The molecule has 1 aliphatic heterocycles. The lowest BCUT2D eigenvalue weighted by molar-refractivity contribution is -0.139. The number of aromatic nitrogens is 1. The maximum absolute atomic E-state index is 12.4. The Morgan fingerprint density at radius 2 is 2.36 bits per heavy atom. The van der Waals surface area contributed by atoms with E-state index in [1.807, 2.05) is 23.2 Å². The van der Waals surface area contributed by atoms with Gasteiger partial charge in [0.05, 0.1) is 6.04 Å². The molecule has 1 N–H and O–H groups in total. The SMILES string of the molecule is CCCCCOCC(=O)N1CCNCC1c1cccnc1.Cl. The standard InChI is InChI=1S/C16H25N3O2.ClH/c1-2-3-4-10-21-13-16(20)19-9-8-18-12-15(19)14-6-5-7-17-11-14;/h5-7,11,15,18H,2-4,8-10,12-13H2,1H3;1H. The number of amides is 1. The zero-order valence-electron chi connectivity index (χ0n) is 13.2. The minimum absolute atomic E-state index is 0. The average molecular weight is 328 g/mol. The molecule has 1 aromatic heterocycles. The second kappa shape index (κ2) is 10.5. The summed E-state index contributed by atoms with van der Waals surface area (Å²) in [4.78, 5) is 18.4. The highest BCUT2D eigenvalue weighted by atomic mass is 35.5. The molecule has 2 heterocycles. The van der Waals surface area contributed by atoms with Crippen LogP contribution in [0.5, 0.6) is 0 Å². The topological polar surface area (TPSA) is 54.5 Å². The Bertz CT molecular complexity index is 431. The van der Waals surface area contributed by atoms with E-state index in [1.54, 1.807) is 6.20 Å². The van der Waals surface area contributed by atoms with Gasteiger partial charge in [-0.2, -0.15) is 0 Å². The van der Waals surface area contributed by atoms with Gasteiger partial charge in [0, 0.05) is 38.6 Å². The van der Waals surface area contributed by atoms with Crippen LogP contribution in [0.25, 0.3) is 0 Å². The van der Waals surface area contributed by atoms with E-state index in [9.17, 15) is 4.79 Å². The van der Waals surface area contributed by atoms with E-state index in [0.29, 0.717) is 6.61 Å². The second-order valence-electron chi connectivity index (χ2n) is 5.35. The third-order valence-electron chi connectivity index (χ3n) is 3.75. The van der Waals surface area contributed by atoms with Gasteiger partial charge in [-0.05, 0) is 18.1 Å². The molecule has 0 bridgehead atoms. The number of piperazine rings is 1. The molecular weight excluding hydrogens is 302 g/mol. The van der Waals surface area contributed by atoms with E-state index in [-0.39, 0.29) is 31.0 Å². The number of unbranched alkanes of at least 4 members (excludes halogenated alkanes) is 2. The van der Waals surface area contributed by atoms with E-state index in [2.05, 4.69) is 17.2 Å². The number of nitrogens with one attached hydrogen (secondary N) is 1. The van der Waals surface area contributed by atoms with Crippen molar-refractivity contribution >= 4 is 18.3 Å². The number of pyridine rings is 1. The quantitative estimate of drug-likeness (QED) is 0.780. The lowest BCUT2D eigenvalue weighted by atomic mass is 10.1. The predicted molar refractivity (Wildman–Crippen MR) is 89.2 cm³/mol. The highest BCUT2D eigenvalue weighted by molar-refractivity contribution is 5.85. The summed E-state index contributed by atoms with van der Waals surface area (Å²) in [7, 11) is 0. The Balaban J connectivity index is 0.00000242. The molecular formula is C16H26ClN3O2. The first-order chi connectivity index (χ1) is 10.3. The fourth-order valence-electron chi connectivity index (χ4n) is 2.57. The smallest absolute Gasteiger partial charge is 0.249 e. The zero-order chi connectivity index (χ0) is 14.9.